The van der Waals surface area contributed by atoms with Gasteiger partial charge in [0.25, 0.3) is 8.32 Å². The van der Waals surface area contributed by atoms with Crippen molar-refractivity contribution in [2.75, 3.05) is 0 Å². The van der Waals surface area contributed by atoms with Crippen molar-refractivity contribution in [3.05, 3.63) is 24.4 Å². The third kappa shape index (κ3) is 2.58. The van der Waals surface area contributed by atoms with Crippen LogP contribution in [-0.4, -0.2) is 13.3 Å². The zero-order valence-electron chi connectivity index (χ0n) is 9.66. The standard InChI is InChI=1S/C11H19NOSi/c1-11(2,3)14(4,5)13-10-8-6-7-9-12-10/h6-9H,1-5H3. The molecule has 0 aromatic carbocycles. The zero-order valence-corrected chi connectivity index (χ0v) is 10.7. The Hall–Kier alpha value is -0.833. The highest BCUT2D eigenvalue weighted by Crippen LogP contribution is 2.36. The highest BCUT2D eigenvalue weighted by Gasteiger charge is 2.39. The molecule has 0 saturated carbocycles. The van der Waals surface area contributed by atoms with Gasteiger partial charge in [0.15, 0.2) is 5.88 Å². The number of pyridine rings is 1. The summed E-state index contributed by atoms with van der Waals surface area (Å²) in [6, 6.07) is 5.77. The van der Waals surface area contributed by atoms with E-state index < -0.39 is 8.32 Å². The van der Waals surface area contributed by atoms with E-state index in [2.05, 4.69) is 38.8 Å². The van der Waals surface area contributed by atoms with Crippen molar-refractivity contribution in [3.8, 4) is 5.88 Å². The van der Waals surface area contributed by atoms with Crippen LogP contribution in [0.25, 0.3) is 0 Å². The molecule has 14 heavy (non-hydrogen) atoms. The van der Waals surface area contributed by atoms with Crippen LogP contribution < -0.4 is 4.43 Å². The molecule has 0 fully saturated rings. The molecule has 0 aliphatic carbocycles. The summed E-state index contributed by atoms with van der Waals surface area (Å²) < 4.78 is 5.99. The van der Waals surface area contributed by atoms with E-state index in [-0.39, 0.29) is 5.04 Å². The average Bonchev–Trinajstić information content (AvgIpc) is 2.03. The molecule has 1 aromatic rings. The Bertz CT molecular complexity index is 290. The Morgan fingerprint density at radius 2 is 1.86 bits per heavy atom. The third-order valence-electron chi connectivity index (χ3n) is 2.80. The fraction of sp³-hybridized carbons (Fsp3) is 0.545. The first-order chi connectivity index (χ1) is 6.33. The number of aromatic nitrogens is 1. The van der Waals surface area contributed by atoms with Gasteiger partial charge in [0.05, 0.1) is 0 Å². The lowest BCUT2D eigenvalue weighted by atomic mass is 10.2. The number of hydrogen-bond donors (Lipinski definition) is 0. The van der Waals surface area contributed by atoms with Crippen LogP contribution in [0.1, 0.15) is 20.8 Å². The topological polar surface area (TPSA) is 22.1 Å². The van der Waals surface area contributed by atoms with Crippen LogP contribution in [0.4, 0.5) is 0 Å². The minimum absolute atomic E-state index is 0.227. The van der Waals surface area contributed by atoms with Gasteiger partial charge < -0.3 is 4.43 Å². The zero-order chi connectivity index (χ0) is 10.8. The van der Waals surface area contributed by atoms with Gasteiger partial charge in [-0.15, -0.1) is 0 Å². The van der Waals surface area contributed by atoms with Gasteiger partial charge in [-0.2, -0.15) is 0 Å². The van der Waals surface area contributed by atoms with Gasteiger partial charge in [-0.05, 0) is 30.3 Å². The molecule has 78 valence electrons. The maximum atomic E-state index is 5.99. The molecule has 2 nitrogen and oxygen atoms in total. The summed E-state index contributed by atoms with van der Waals surface area (Å²) in [5.74, 6) is 0.749. The molecule has 1 aromatic heterocycles. The second kappa shape index (κ2) is 3.73. The summed E-state index contributed by atoms with van der Waals surface area (Å²) in [7, 11) is -1.71. The maximum Gasteiger partial charge on any atom is 0.252 e. The highest BCUT2D eigenvalue weighted by molar-refractivity contribution is 6.74. The smallest absolute Gasteiger partial charge is 0.252 e. The SMILES string of the molecule is CC(C)(C)[Si](C)(C)Oc1ccccn1. The summed E-state index contributed by atoms with van der Waals surface area (Å²) in [5, 5.41) is 0.227. The Morgan fingerprint density at radius 3 is 2.29 bits per heavy atom. The van der Waals surface area contributed by atoms with Crippen molar-refractivity contribution in [1.29, 1.82) is 0 Å². The van der Waals surface area contributed by atoms with Gasteiger partial charge in [0, 0.05) is 6.20 Å². The predicted molar refractivity (Wildman–Crippen MR) is 62.1 cm³/mol. The van der Waals surface area contributed by atoms with Crippen molar-refractivity contribution in [3.63, 3.8) is 0 Å². The molecule has 0 saturated heterocycles. The summed E-state index contributed by atoms with van der Waals surface area (Å²) in [6.45, 7) is 11.1. The van der Waals surface area contributed by atoms with Gasteiger partial charge in [0.1, 0.15) is 0 Å². The van der Waals surface area contributed by atoms with Gasteiger partial charge in [0.2, 0.25) is 0 Å². The number of rotatable bonds is 2. The molecule has 0 amide bonds. The van der Waals surface area contributed by atoms with E-state index in [1.807, 2.05) is 18.2 Å². The van der Waals surface area contributed by atoms with Crippen LogP contribution in [0.15, 0.2) is 24.4 Å². The molecule has 0 spiro atoms. The van der Waals surface area contributed by atoms with E-state index in [4.69, 9.17) is 4.43 Å². The molecule has 0 bridgehead atoms. The second-order valence-corrected chi connectivity index (χ2v) is 9.76. The van der Waals surface area contributed by atoms with Crippen LogP contribution in [0, 0.1) is 0 Å². The van der Waals surface area contributed by atoms with E-state index in [1.54, 1.807) is 6.20 Å². The first-order valence-electron chi connectivity index (χ1n) is 4.93. The predicted octanol–water partition coefficient (Wildman–Crippen LogP) is 3.47. The highest BCUT2D eigenvalue weighted by atomic mass is 28.4. The number of nitrogens with zero attached hydrogens (tertiary/aromatic N) is 1. The third-order valence-corrected chi connectivity index (χ3v) is 7.14. The van der Waals surface area contributed by atoms with Gasteiger partial charge in [-0.25, -0.2) is 4.98 Å². The Balaban J connectivity index is 2.79. The van der Waals surface area contributed by atoms with E-state index in [0.29, 0.717) is 0 Å². The molecule has 0 unspecified atom stereocenters. The summed E-state index contributed by atoms with van der Waals surface area (Å²) in [5.41, 5.74) is 0. The molecule has 0 radical (unpaired) electrons. The monoisotopic (exact) mass is 209 g/mol. The summed E-state index contributed by atoms with van der Waals surface area (Å²) >= 11 is 0. The molecule has 0 aliphatic heterocycles. The average molecular weight is 209 g/mol. The molecule has 0 aliphatic rings. The van der Waals surface area contributed by atoms with Gasteiger partial charge in [-0.1, -0.05) is 26.8 Å². The van der Waals surface area contributed by atoms with Crippen LogP contribution in [0.2, 0.25) is 18.1 Å². The van der Waals surface area contributed by atoms with Crippen molar-refractivity contribution in [2.24, 2.45) is 0 Å². The second-order valence-electron chi connectivity index (χ2n) is 5.03. The summed E-state index contributed by atoms with van der Waals surface area (Å²) in [4.78, 5) is 4.19. The van der Waals surface area contributed by atoms with E-state index in [1.165, 1.54) is 0 Å². The molecule has 3 heteroatoms. The fourth-order valence-corrected chi connectivity index (χ4v) is 1.77. The molecular formula is C11H19NOSi. The lowest BCUT2D eigenvalue weighted by molar-refractivity contribution is 0.476. The first kappa shape index (κ1) is 11.2. The lowest BCUT2D eigenvalue weighted by Gasteiger charge is -2.35. The minimum Gasteiger partial charge on any atom is -0.531 e. The quantitative estimate of drug-likeness (QED) is 0.696. The molecule has 1 rings (SSSR count). The molecule has 1 heterocycles. The van der Waals surface area contributed by atoms with E-state index in [9.17, 15) is 0 Å². The summed E-state index contributed by atoms with van der Waals surface area (Å²) in [6.07, 6.45) is 1.77. The minimum atomic E-state index is -1.71. The molecule has 0 atom stereocenters. The number of hydrogen-bond acceptors (Lipinski definition) is 2. The first-order valence-corrected chi connectivity index (χ1v) is 7.84. The van der Waals surface area contributed by atoms with E-state index >= 15 is 0 Å². The largest absolute Gasteiger partial charge is 0.531 e. The van der Waals surface area contributed by atoms with Crippen LogP contribution in [-0.2, 0) is 0 Å². The normalized spacial score (nSPS) is 12.6. The fourth-order valence-electron chi connectivity index (χ4n) is 0.822. The lowest BCUT2D eigenvalue weighted by Crippen LogP contribution is -2.44. The van der Waals surface area contributed by atoms with Crippen LogP contribution in [0.3, 0.4) is 0 Å². The van der Waals surface area contributed by atoms with Gasteiger partial charge >= 0.3 is 0 Å². The Morgan fingerprint density at radius 1 is 1.21 bits per heavy atom. The Labute approximate surface area is 87.5 Å². The van der Waals surface area contributed by atoms with Crippen molar-refractivity contribution in [2.45, 2.75) is 38.9 Å². The Kier molecular flexibility index (Phi) is 3.00. The van der Waals surface area contributed by atoms with Crippen molar-refractivity contribution >= 4 is 8.32 Å². The maximum absolute atomic E-state index is 5.99. The molecular weight excluding hydrogens is 190 g/mol. The molecule has 0 N–H and O–H groups in total. The van der Waals surface area contributed by atoms with Crippen LogP contribution in [0.5, 0.6) is 5.88 Å². The van der Waals surface area contributed by atoms with Crippen molar-refractivity contribution < 1.29 is 4.43 Å². The van der Waals surface area contributed by atoms with Gasteiger partial charge in [-0.3, -0.25) is 0 Å². The van der Waals surface area contributed by atoms with E-state index in [0.717, 1.165) is 5.88 Å². The van der Waals surface area contributed by atoms with Crippen molar-refractivity contribution in [1.82, 2.24) is 4.98 Å². The van der Waals surface area contributed by atoms with Crippen LogP contribution >= 0.6 is 0 Å².